The van der Waals surface area contributed by atoms with Crippen molar-refractivity contribution in [1.82, 2.24) is 10.0 Å². The highest BCUT2D eigenvalue weighted by Gasteiger charge is 2.54. The van der Waals surface area contributed by atoms with Gasteiger partial charge in [0.05, 0.1) is 11.8 Å². The molecule has 0 N–H and O–H groups in total. The van der Waals surface area contributed by atoms with Crippen molar-refractivity contribution in [3.05, 3.63) is 70.7 Å². The van der Waals surface area contributed by atoms with E-state index in [9.17, 15) is 19.2 Å². The number of Topliss-reactive ketones (excluding diaryl/α,β-unsaturated/α-hetero) is 1. The summed E-state index contributed by atoms with van der Waals surface area (Å²) in [5.41, 5.74) is 0.672. The SMILES string of the molecule is CC[C@H](C(=O)c1ccccc1)N(C(=O)c1ccc(Cl)cc1)N1C(=O)[C@H]2C[C@H](C)CC[C@H]2C1=O. The number of imide groups is 1. The number of hydrogen-bond donors (Lipinski definition) is 0. The Bertz CT molecular complexity index is 1070. The summed E-state index contributed by atoms with van der Waals surface area (Å²) in [6.45, 7) is 3.84. The zero-order chi connectivity index (χ0) is 23.7. The zero-order valence-electron chi connectivity index (χ0n) is 18.7. The minimum Gasteiger partial charge on any atom is -0.292 e. The maximum atomic E-state index is 13.7. The monoisotopic (exact) mass is 466 g/mol. The molecular weight excluding hydrogens is 440 g/mol. The number of nitrogens with zero attached hydrogens (tertiary/aromatic N) is 2. The van der Waals surface area contributed by atoms with Gasteiger partial charge < -0.3 is 0 Å². The van der Waals surface area contributed by atoms with Crippen LogP contribution in [0.25, 0.3) is 0 Å². The number of halogens is 1. The van der Waals surface area contributed by atoms with E-state index in [2.05, 4.69) is 6.92 Å². The van der Waals surface area contributed by atoms with Crippen LogP contribution in [0, 0.1) is 17.8 Å². The molecule has 1 aliphatic heterocycles. The highest BCUT2D eigenvalue weighted by atomic mass is 35.5. The fourth-order valence-corrected chi connectivity index (χ4v) is 5.07. The first kappa shape index (κ1) is 23.2. The second-order valence-corrected chi connectivity index (χ2v) is 9.37. The van der Waals surface area contributed by atoms with Crippen molar-refractivity contribution in [2.24, 2.45) is 17.8 Å². The minimum absolute atomic E-state index is 0.246. The molecule has 4 atom stereocenters. The lowest BCUT2D eigenvalue weighted by Gasteiger charge is -2.36. The molecule has 2 fully saturated rings. The molecule has 1 saturated carbocycles. The summed E-state index contributed by atoms with van der Waals surface area (Å²) in [7, 11) is 0. The quantitative estimate of drug-likeness (QED) is 0.453. The number of amides is 3. The molecule has 0 spiro atoms. The van der Waals surface area contributed by atoms with E-state index in [0.717, 1.165) is 16.4 Å². The van der Waals surface area contributed by atoms with Gasteiger partial charge in [0.15, 0.2) is 5.78 Å². The third kappa shape index (κ3) is 4.32. The second kappa shape index (κ2) is 9.48. The number of ketones is 1. The Balaban J connectivity index is 1.78. The van der Waals surface area contributed by atoms with Crippen molar-refractivity contribution >= 4 is 35.1 Å². The molecule has 33 heavy (non-hydrogen) atoms. The summed E-state index contributed by atoms with van der Waals surface area (Å²) in [5, 5.41) is 2.53. The fourth-order valence-electron chi connectivity index (χ4n) is 4.95. The third-order valence-electron chi connectivity index (χ3n) is 6.72. The largest absolute Gasteiger partial charge is 0.292 e. The van der Waals surface area contributed by atoms with Gasteiger partial charge in [0.1, 0.15) is 6.04 Å². The van der Waals surface area contributed by atoms with Crippen LogP contribution in [0.5, 0.6) is 0 Å². The van der Waals surface area contributed by atoms with E-state index in [-0.39, 0.29) is 17.8 Å². The standard InChI is InChI=1S/C26H27ClN2O4/c1-3-22(23(30)17-7-5-4-6-8-17)28(24(31)18-10-12-19(27)13-11-18)29-25(32)20-14-9-16(2)15-21(20)26(29)33/h4-8,10-13,16,20-22H,3,9,14-15H2,1-2H3/t16-,20-,21+,22-/m1/s1. The van der Waals surface area contributed by atoms with Crippen LogP contribution in [-0.4, -0.2) is 39.6 Å². The highest BCUT2D eigenvalue weighted by Crippen LogP contribution is 2.42. The van der Waals surface area contributed by atoms with Crippen LogP contribution in [0.2, 0.25) is 5.02 Å². The molecule has 2 aromatic carbocycles. The molecule has 172 valence electrons. The summed E-state index contributed by atoms with van der Waals surface area (Å²) in [6.07, 6.45) is 2.33. The van der Waals surface area contributed by atoms with Gasteiger partial charge in [-0.15, -0.1) is 0 Å². The van der Waals surface area contributed by atoms with Crippen LogP contribution in [0.3, 0.4) is 0 Å². The molecule has 0 aromatic heterocycles. The maximum Gasteiger partial charge on any atom is 0.273 e. The Morgan fingerprint density at radius 1 is 0.970 bits per heavy atom. The summed E-state index contributed by atoms with van der Waals surface area (Å²) >= 11 is 5.99. The van der Waals surface area contributed by atoms with Crippen molar-refractivity contribution in [2.45, 2.75) is 45.6 Å². The molecule has 6 nitrogen and oxygen atoms in total. The van der Waals surface area contributed by atoms with Gasteiger partial charge in [0.2, 0.25) is 0 Å². The van der Waals surface area contributed by atoms with Crippen LogP contribution >= 0.6 is 11.6 Å². The van der Waals surface area contributed by atoms with Crippen LogP contribution in [0.1, 0.15) is 60.2 Å². The van der Waals surface area contributed by atoms with Crippen molar-refractivity contribution in [2.75, 3.05) is 0 Å². The zero-order valence-corrected chi connectivity index (χ0v) is 19.5. The topological polar surface area (TPSA) is 74.8 Å². The Kier molecular flexibility index (Phi) is 6.66. The van der Waals surface area contributed by atoms with Gasteiger partial charge in [-0.2, -0.15) is 5.01 Å². The van der Waals surface area contributed by atoms with Crippen molar-refractivity contribution in [3.63, 3.8) is 0 Å². The lowest BCUT2D eigenvalue weighted by molar-refractivity contribution is -0.156. The first-order valence-electron chi connectivity index (χ1n) is 11.4. The van der Waals surface area contributed by atoms with Crippen molar-refractivity contribution in [1.29, 1.82) is 0 Å². The summed E-state index contributed by atoms with van der Waals surface area (Å²) < 4.78 is 0. The Morgan fingerprint density at radius 2 is 1.61 bits per heavy atom. The summed E-state index contributed by atoms with van der Waals surface area (Å²) in [4.78, 5) is 54.1. The second-order valence-electron chi connectivity index (χ2n) is 8.93. The molecule has 1 saturated heterocycles. The number of carbonyl (C=O) groups is 4. The first-order chi connectivity index (χ1) is 15.8. The van der Waals surface area contributed by atoms with Crippen LogP contribution in [-0.2, 0) is 9.59 Å². The number of fused-ring (bicyclic) bond motifs is 1. The first-order valence-corrected chi connectivity index (χ1v) is 11.8. The van der Waals surface area contributed by atoms with Gasteiger partial charge in [-0.25, -0.2) is 5.01 Å². The summed E-state index contributed by atoms with van der Waals surface area (Å²) in [6, 6.07) is 13.9. The van der Waals surface area contributed by atoms with Gasteiger partial charge in [-0.3, -0.25) is 19.2 Å². The van der Waals surface area contributed by atoms with Gasteiger partial charge in [-0.1, -0.05) is 55.8 Å². The van der Waals surface area contributed by atoms with E-state index in [4.69, 9.17) is 11.6 Å². The Hall–Kier alpha value is -2.99. The molecule has 1 heterocycles. The van der Waals surface area contributed by atoms with Crippen molar-refractivity contribution in [3.8, 4) is 0 Å². The number of benzene rings is 2. The van der Waals surface area contributed by atoms with Crippen LogP contribution in [0.4, 0.5) is 0 Å². The minimum atomic E-state index is -0.999. The molecular formula is C26H27ClN2O4. The predicted molar refractivity (Wildman–Crippen MR) is 124 cm³/mol. The van der Waals surface area contributed by atoms with Gasteiger partial charge in [0.25, 0.3) is 17.7 Å². The van der Waals surface area contributed by atoms with E-state index in [1.165, 1.54) is 12.1 Å². The molecule has 4 rings (SSSR count). The lowest BCUT2D eigenvalue weighted by Crippen LogP contribution is -2.57. The molecule has 0 radical (unpaired) electrons. The molecule has 7 heteroatoms. The normalized spacial score (nSPS) is 23.2. The number of carbonyl (C=O) groups excluding carboxylic acids is 4. The Morgan fingerprint density at radius 3 is 2.24 bits per heavy atom. The van der Waals surface area contributed by atoms with Gasteiger partial charge >= 0.3 is 0 Å². The molecule has 0 bridgehead atoms. The average Bonchev–Trinajstić information content (AvgIpc) is 3.06. The fraction of sp³-hybridized carbons (Fsp3) is 0.385. The van der Waals surface area contributed by atoms with E-state index >= 15 is 0 Å². The third-order valence-corrected chi connectivity index (χ3v) is 6.97. The maximum absolute atomic E-state index is 13.7. The highest BCUT2D eigenvalue weighted by molar-refractivity contribution is 6.30. The van der Waals surface area contributed by atoms with E-state index in [0.29, 0.717) is 29.3 Å². The molecule has 0 unspecified atom stereocenters. The number of hydrogen-bond acceptors (Lipinski definition) is 4. The van der Waals surface area contributed by atoms with Crippen LogP contribution < -0.4 is 0 Å². The molecule has 3 amide bonds. The van der Waals surface area contributed by atoms with E-state index in [1.807, 2.05) is 0 Å². The van der Waals surface area contributed by atoms with Crippen LogP contribution in [0.15, 0.2) is 54.6 Å². The summed E-state index contributed by atoms with van der Waals surface area (Å²) in [5.74, 6) is -2.24. The van der Waals surface area contributed by atoms with Gasteiger partial charge in [-0.05, 0) is 55.9 Å². The van der Waals surface area contributed by atoms with E-state index in [1.54, 1.807) is 49.4 Å². The smallest absolute Gasteiger partial charge is 0.273 e. The number of rotatable bonds is 6. The lowest BCUT2D eigenvalue weighted by atomic mass is 9.76. The molecule has 2 aliphatic rings. The van der Waals surface area contributed by atoms with E-state index < -0.39 is 35.6 Å². The average molecular weight is 467 g/mol. The predicted octanol–water partition coefficient (Wildman–Crippen LogP) is 4.78. The molecule has 1 aliphatic carbocycles. The number of hydrazine groups is 1. The van der Waals surface area contributed by atoms with Gasteiger partial charge in [0, 0.05) is 16.1 Å². The van der Waals surface area contributed by atoms with Crippen molar-refractivity contribution < 1.29 is 19.2 Å². The molecule has 2 aromatic rings. The Labute approximate surface area is 198 Å².